The van der Waals surface area contributed by atoms with Gasteiger partial charge in [0.1, 0.15) is 17.4 Å². The van der Waals surface area contributed by atoms with Crippen molar-refractivity contribution < 1.29 is 4.74 Å². The third-order valence-corrected chi connectivity index (χ3v) is 4.38. The van der Waals surface area contributed by atoms with Crippen LogP contribution in [-0.4, -0.2) is 17.0 Å². The molecule has 0 spiro atoms. The lowest BCUT2D eigenvalue weighted by Crippen LogP contribution is -2.03. The minimum atomic E-state index is 0.244. The number of nitrogens with zero attached hydrogens (tertiary/aromatic N) is 2. The molecule has 0 saturated heterocycles. The molecule has 0 aliphatic carbocycles. The Morgan fingerprint density at radius 1 is 1.10 bits per heavy atom. The van der Waals surface area contributed by atoms with E-state index < -0.39 is 0 Å². The third-order valence-electron chi connectivity index (χ3n) is 3.12. The van der Waals surface area contributed by atoms with Crippen LogP contribution < -0.4 is 10.1 Å². The first-order chi connectivity index (χ1) is 9.90. The Morgan fingerprint density at radius 2 is 1.71 bits per heavy atom. The molecule has 0 atom stereocenters. The molecule has 0 aliphatic heterocycles. The molecule has 1 aromatic heterocycles. The molecule has 1 N–H and O–H groups in total. The van der Waals surface area contributed by atoms with Crippen LogP contribution in [0.5, 0.6) is 11.6 Å². The van der Waals surface area contributed by atoms with Crippen LogP contribution in [-0.2, 0) is 0 Å². The largest absolute Gasteiger partial charge is 0.439 e. The smallest absolute Gasteiger partial charge is 0.224 e. The zero-order chi connectivity index (χ0) is 15.6. The molecule has 1 aromatic carbocycles. The summed E-state index contributed by atoms with van der Waals surface area (Å²) in [6.45, 7) is 8.21. The van der Waals surface area contributed by atoms with Gasteiger partial charge >= 0.3 is 0 Å². The normalized spacial score (nSPS) is 10.8. The van der Waals surface area contributed by atoms with Gasteiger partial charge in [0.25, 0.3) is 0 Å². The summed E-state index contributed by atoms with van der Waals surface area (Å²) in [5, 5.41) is 3.04. The Bertz CT molecular complexity index is 633. The summed E-state index contributed by atoms with van der Waals surface area (Å²) < 4.78 is 7.02. The number of aryl methyl sites for hydroxylation is 2. The predicted molar refractivity (Wildman–Crippen MR) is 89.4 cm³/mol. The van der Waals surface area contributed by atoms with Crippen LogP contribution in [0.2, 0.25) is 0 Å². The molecule has 0 radical (unpaired) electrons. The fourth-order valence-electron chi connectivity index (χ4n) is 1.97. The molecule has 2 aromatic rings. The van der Waals surface area contributed by atoms with Gasteiger partial charge < -0.3 is 10.1 Å². The molecule has 0 amide bonds. The van der Waals surface area contributed by atoms with Crippen LogP contribution in [0.3, 0.4) is 0 Å². The molecule has 4 nitrogen and oxygen atoms in total. The number of hydrogen-bond donors (Lipinski definition) is 1. The van der Waals surface area contributed by atoms with Gasteiger partial charge in [-0.2, -0.15) is 4.98 Å². The van der Waals surface area contributed by atoms with E-state index in [0.29, 0.717) is 5.88 Å². The second-order valence-electron chi connectivity index (χ2n) is 5.33. The monoisotopic (exact) mass is 349 g/mol. The van der Waals surface area contributed by atoms with Crippen LogP contribution in [0, 0.1) is 13.8 Å². The van der Waals surface area contributed by atoms with Crippen LogP contribution in [0.25, 0.3) is 0 Å². The number of nitrogens with one attached hydrogen (secondary N) is 1. The molecule has 112 valence electrons. The highest BCUT2D eigenvalue weighted by molar-refractivity contribution is 9.10. The molecule has 0 unspecified atom stereocenters. The summed E-state index contributed by atoms with van der Waals surface area (Å²) in [7, 11) is 1.84. The zero-order valence-electron chi connectivity index (χ0n) is 13.0. The average Bonchev–Trinajstić information content (AvgIpc) is 2.44. The summed E-state index contributed by atoms with van der Waals surface area (Å²) in [5.41, 5.74) is 2.27. The van der Waals surface area contributed by atoms with Crippen molar-refractivity contribution in [2.24, 2.45) is 0 Å². The van der Waals surface area contributed by atoms with E-state index in [1.807, 2.05) is 33.0 Å². The molecule has 1 heterocycles. The first-order valence-corrected chi connectivity index (χ1v) is 7.71. The van der Waals surface area contributed by atoms with Crippen molar-refractivity contribution in [3.05, 3.63) is 39.6 Å². The molecular weight excluding hydrogens is 330 g/mol. The van der Waals surface area contributed by atoms with Gasteiger partial charge in [0.2, 0.25) is 5.88 Å². The fourth-order valence-corrected chi connectivity index (χ4v) is 2.20. The molecule has 0 bridgehead atoms. The van der Waals surface area contributed by atoms with Crippen molar-refractivity contribution in [1.82, 2.24) is 9.97 Å². The quantitative estimate of drug-likeness (QED) is 0.859. The van der Waals surface area contributed by atoms with Gasteiger partial charge in [-0.05, 0) is 37.1 Å². The number of benzene rings is 1. The van der Waals surface area contributed by atoms with Crippen LogP contribution >= 0.6 is 15.9 Å². The summed E-state index contributed by atoms with van der Waals surface area (Å²) in [6.07, 6.45) is 0. The maximum Gasteiger partial charge on any atom is 0.224 e. The van der Waals surface area contributed by atoms with Crippen LogP contribution in [0.1, 0.15) is 36.7 Å². The fraction of sp³-hybridized carbons (Fsp3) is 0.375. The second kappa shape index (κ2) is 6.43. The van der Waals surface area contributed by atoms with Crippen molar-refractivity contribution in [3.63, 3.8) is 0 Å². The van der Waals surface area contributed by atoms with E-state index in [0.717, 1.165) is 33.0 Å². The van der Waals surface area contributed by atoms with Crippen molar-refractivity contribution in [2.45, 2.75) is 33.6 Å². The topological polar surface area (TPSA) is 47.0 Å². The lowest BCUT2D eigenvalue weighted by molar-refractivity contribution is 0.456. The average molecular weight is 350 g/mol. The molecule has 0 fully saturated rings. The Balaban J connectivity index is 2.37. The maximum absolute atomic E-state index is 5.92. The molecule has 5 heteroatoms. The minimum Gasteiger partial charge on any atom is -0.439 e. The van der Waals surface area contributed by atoms with Crippen LogP contribution in [0.15, 0.2) is 22.7 Å². The van der Waals surface area contributed by atoms with E-state index >= 15 is 0 Å². The van der Waals surface area contributed by atoms with E-state index in [1.54, 1.807) is 6.07 Å². The first-order valence-electron chi connectivity index (χ1n) is 6.92. The van der Waals surface area contributed by atoms with Crippen molar-refractivity contribution in [3.8, 4) is 11.6 Å². The highest BCUT2D eigenvalue weighted by Crippen LogP contribution is 2.29. The van der Waals surface area contributed by atoms with Gasteiger partial charge in [0, 0.05) is 23.5 Å². The Kier molecular flexibility index (Phi) is 4.83. The van der Waals surface area contributed by atoms with E-state index in [2.05, 4.69) is 45.1 Å². The molecule has 21 heavy (non-hydrogen) atoms. The van der Waals surface area contributed by atoms with Crippen molar-refractivity contribution in [1.29, 1.82) is 0 Å². The van der Waals surface area contributed by atoms with Crippen molar-refractivity contribution in [2.75, 3.05) is 12.4 Å². The SMILES string of the molecule is CNc1cc(Oc2cc(C)c(Br)c(C)c2)nc(C(C)C)n1. The Hall–Kier alpha value is -1.62. The number of ether oxygens (including phenoxy) is 1. The first kappa shape index (κ1) is 15.8. The molecular formula is C16H20BrN3O. The van der Waals surface area contributed by atoms with Gasteiger partial charge in [0.15, 0.2) is 0 Å². The zero-order valence-corrected chi connectivity index (χ0v) is 14.6. The van der Waals surface area contributed by atoms with E-state index in [9.17, 15) is 0 Å². The minimum absolute atomic E-state index is 0.244. The van der Waals surface area contributed by atoms with Gasteiger partial charge in [0.05, 0.1) is 0 Å². The number of anilines is 1. The van der Waals surface area contributed by atoms with E-state index in [-0.39, 0.29) is 5.92 Å². The van der Waals surface area contributed by atoms with Crippen molar-refractivity contribution >= 4 is 21.7 Å². The van der Waals surface area contributed by atoms with E-state index in [1.165, 1.54) is 0 Å². The van der Waals surface area contributed by atoms with Gasteiger partial charge in [-0.25, -0.2) is 4.98 Å². The highest BCUT2D eigenvalue weighted by atomic mass is 79.9. The van der Waals surface area contributed by atoms with Gasteiger partial charge in [-0.3, -0.25) is 0 Å². The third kappa shape index (κ3) is 3.73. The lowest BCUT2D eigenvalue weighted by atomic mass is 10.1. The lowest BCUT2D eigenvalue weighted by Gasteiger charge is -2.12. The summed E-state index contributed by atoms with van der Waals surface area (Å²) in [4.78, 5) is 8.91. The Morgan fingerprint density at radius 3 is 2.24 bits per heavy atom. The molecule has 0 aliphatic rings. The summed E-state index contributed by atoms with van der Waals surface area (Å²) in [6, 6.07) is 5.79. The number of halogens is 1. The van der Waals surface area contributed by atoms with Gasteiger partial charge in [-0.15, -0.1) is 0 Å². The van der Waals surface area contributed by atoms with Gasteiger partial charge in [-0.1, -0.05) is 29.8 Å². The molecule has 2 rings (SSSR count). The van der Waals surface area contributed by atoms with E-state index in [4.69, 9.17) is 4.74 Å². The standard InChI is InChI=1S/C16H20BrN3O/c1-9(2)16-19-13(18-5)8-14(20-16)21-12-6-10(3)15(17)11(4)7-12/h6-9H,1-5H3,(H,18,19,20). The summed E-state index contributed by atoms with van der Waals surface area (Å²) in [5.74, 6) is 3.11. The number of hydrogen-bond acceptors (Lipinski definition) is 4. The second-order valence-corrected chi connectivity index (χ2v) is 6.12. The highest BCUT2D eigenvalue weighted by Gasteiger charge is 2.10. The molecule has 0 saturated carbocycles. The Labute approximate surface area is 134 Å². The number of rotatable bonds is 4. The van der Waals surface area contributed by atoms with Crippen LogP contribution in [0.4, 0.5) is 5.82 Å². The number of aromatic nitrogens is 2. The predicted octanol–water partition coefficient (Wildman–Crippen LogP) is 4.81. The summed E-state index contributed by atoms with van der Waals surface area (Å²) >= 11 is 3.56. The maximum atomic E-state index is 5.92.